The van der Waals surface area contributed by atoms with E-state index >= 15 is 0 Å². The summed E-state index contributed by atoms with van der Waals surface area (Å²) in [5.41, 5.74) is 2.70. The van der Waals surface area contributed by atoms with E-state index in [4.69, 9.17) is 0 Å². The molecule has 3 aromatic rings. The fraction of sp³-hybridized carbons (Fsp3) is 0.0952. The monoisotopic (exact) mass is 416 g/mol. The minimum atomic E-state index is -4.08. The summed E-state index contributed by atoms with van der Waals surface area (Å²) >= 11 is 0. The summed E-state index contributed by atoms with van der Waals surface area (Å²) in [5.74, 6) is -2.59. The molecule has 0 radical (unpaired) electrons. The molecule has 8 heteroatoms. The third-order valence-electron chi connectivity index (χ3n) is 4.11. The molecule has 0 fully saturated rings. The molecule has 150 valence electrons. The van der Waals surface area contributed by atoms with E-state index in [2.05, 4.69) is 10.0 Å². The van der Waals surface area contributed by atoms with Gasteiger partial charge in [-0.25, -0.2) is 17.2 Å². The number of nitrogens with one attached hydrogen (secondary N) is 2. The van der Waals surface area contributed by atoms with Gasteiger partial charge in [-0.05, 0) is 55.0 Å². The maximum atomic E-state index is 13.3. The summed E-state index contributed by atoms with van der Waals surface area (Å²) in [6.07, 6.45) is 0.213. The Morgan fingerprint density at radius 3 is 2.10 bits per heavy atom. The van der Waals surface area contributed by atoms with E-state index in [0.29, 0.717) is 11.8 Å². The molecule has 0 unspecified atom stereocenters. The number of halogens is 2. The molecule has 3 rings (SSSR count). The number of sulfonamides is 1. The highest BCUT2D eigenvalue weighted by Gasteiger charge is 2.16. The van der Waals surface area contributed by atoms with Crippen LogP contribution in [0, 0.1) is 18.6 Å². The third kappa shape index (κ3) is 5.39. The molecule has 0 aliphatic rings. The normalized spacial score (nSPS) is 11.1. The Hall–Kier alpha value is -3.26. The predicted molar refractivity (Wildman–Crippen MR) is 107 cm³/mol. The van der Waals surface area contributed by atoms with Crippen molar-refractivity contribution in [1.82, 2.24) is 0 Å². The summed E-state index contributed by atoms with van der Waals surface area (Å²) in [6.45, 7) is 1.96. The van der Waals surface area contributed by atoms with Crippen molar-refractivity contribution >= 4 is 27.3 Å². The molecule has 0 spiro atoms. The van der Waals surface area contributed by atoms with E-state index in [-0.39, 0.29) is 18.0 Å². The second-order valence-electron chi connectivity index (χ2n) is 6.47. The number of benzene rings is 3. The average molecular weight is 416 g/mol. The lowest BCUT2D eigenvalue weighted by Gasteiger charge is -2.10. The second-order valence-corrected chi connectivity index (χ2v) is 8.15. The van der Waals surface area contributed by atoms with Crippen LogP contribution in [0.25, 0.3) is 0 Å². The van der Waals surface area contributed by atoms with Crippen LogP contribution in [0.2, 0.25) is 0 Å². The van der Waals surface area contributed by atoms with Crippen LogP contribution in [-0.4, -0.2) is 14.3 Å². The molecule has 0 aromatic heterocycles. The molecule has 1 amide bonds. The third-order valence-corrected chi connectivity index (χ3v) is 5.49. The summed E-state index contributed by atoms with van der Waals surface area (Å²) in [4.78, 5) is 11.7. The first-order valence-electron chi connectivity index (χ1n) is 8.66. The van der Waals surface area contributed by atoms with Gasteiger partial charge in [0.2, 0.25) is 5.91 Å². The number of carbonyl (C=O) groups is 1. The van der Waals surface area contributed by atoms with E-state index < -0.39 is 26.6 Å². The second kappa shape index (κ2) is 8.40. The van der Waals surface area contributed by atoms with E-state index in [1.807, 2.05) is 31.2 Å². The molecule has 0 aliphatic carbocycles. The van der Waals surface area contributed by atoms with Crippen molar-refractivity contribution in [3.63, 3.8) is 0 Å². The average Bonchev–Trinajstić information content (AvgIpc) is 2.67. The van der Waals surface area contributed by atoms with Gasteiger partial charge in [0, 0.05) is 11.4 Å². The van der Waals surface area contributed by atoms with Gasteiger partial charge in [0.05, 0.1) is 11.3 Å². The van der Waals surface area contributed by atoms with E-state index in [1.165, 1.54) is 24.3 Å². The van der Waals surface area contributed by atoms with Crippen LogP contribution in [0.4, 0.5) is 20.2 Å². The molecule has 0 saturated heterocycles. The molecule has 0 heterocycles. The van der Waals surface area contributed by atoms with E-state index in [9.17, 15) is 22.0 Å². The van der Waals surface area contributed by atoms with Crippen molar-refractivity contribution < 1.29 is 22.0 Å². The highest BCUT2D eigenvalue weighted by atomic mass is 32.2. The van der Waals surface area contributed by atoms with Crippen molar-refractivity contribution in [2.45, 2.75) is 18.2 Å². The Bertz CT molecular complexity index is 1130. The fourth-order valence-electron chi connectivity index (χ4n) is 2.58. The van der Waals surface area contributed by atoms with E-state index in [0.717, 1.165) is 23.3 Å². The van der Waals surface area contributed by atoms with E-state index in [1.54, 1.807) is 0 Å². The standard InChI is InChI=1S/C21H18F2N2O3S/c1-14-2-4-15(5-3-14)12-21(26)24-16-6-8-17(9-7-16)25-29(27,28)18-10-11-19(22)20(23)13-18/h2-11,13,25H,12H2,1H3,(H,24,26). The molecule has 3 aromatic carbocycles. The van der Waals surface area contributed by atoms with Gasteiger partial charge < -0.3 is 5.32 Å². The topological polar surface area (TPSA) is 75.3 Å². The van der Waals surface area contributed by atoms with Crippen LogP contribution in [0.15, 0.2) is 71.6 Å². The summed E-state index contributed by atoms with van der Waals surface area (Å²) < 4.78 is 53.1. The molecule has 29 heavy (non-hydrogen) atoms. The van der Waals surface area contributed by atoms with Crippen molar-refractivity contribution in [2.24, 2.45) is 0 Å². The maximum Gasteiger partial charge on any atom is 0.261 e. The molecule has 0 atom stereocenters. The van der Waals surface area contributed by atoms with Gasteiger partial charge in [-0.15, -0.1) is 0 Å². The van der Waals surface area contributed by atoms with Crippen molar-refractivity contribution in [1.29, 1.82) is 0 Å². The first kappa shape index (κ1) is 20.5. The van der Waals surface area contributed by atoms with Gasteiger partial charge in [0.15, 0.2) is 11.6 Å². The lowest BCUT2D eigenvalue weighted by molar-refractivity contribution is -0.115. The highest BCUT2D eigenvalue weighted by molar-refractivity contribution is 7.92. The highest BCUT2D eigenvalue weighted by Crippen LogP contribution is 2.20. The summed E-state index contributed by atoms with van der Waals surface area (Å²) in [6, 6.07) is 15.9. The molecule has 0 aliphatic heterocycles. The van der Waals surface area contributed by atoms with Crippen molar-refractivity contribution in [3.05, 3.63) is 89.5 Å². The Morgan fingerprint density at radius 1 is 0.862 bits per heavy atom. The van der Waals surface area contributed by atoms with Gasteiger partial charge in [0.1, 0.15) is 0 Å². The SMILES string of the molecule is Cc1ccc(CC(=O)Nc2ccc(NS(=O)(=O)c3ccc(F)c(F)c3)cc2)cc1. The molecular formula is C21H18F2N2O3S. The zero-order chi connectivity index (χ0) is 21.0. The zero-order valence-electron chi connectivity index (χ0n) is 15.4. The number of hydrogen-bond acceptors (Lipinski definition) is 3. The van der Waals surface area contributed by atoms with Gasteiger partial charge in [-0.1, -0.05) is 29.8 Å². The Balaban J connectivity index is 1.64. The number of aryl methyl sites for hydroxylation is 1. The van der Waals surface area contributed by atoms with Crippen LogP contribution >= 0.6 is 0 Å². The molecule has 0 saturated carbocycles. The van der Waals surface area contributed by atoms with Crippen molar-refractivity contribution in [2.75, 3.05) is 10.0 Å². The van der Waals surface area contributed by atoms with Gasteiger partial charge >= 0.3 is 0 Å². The van der Waals surface area contributed by atoms with Crippen molar-refractivity contribution in [3.8, 4) is 0 Å². The zero-order valence-corrected chi connectivity index (χ0v) is 16.3. The van der Waals surface area contributed by atoms with Crippen LogP contribution in [0.3, 0.4) is 0 Å². The van der Waals surface area contributed by atoms with Gasteiger partial charge in [-0.3, -0.25) is 9.52 Å². The van der Waals surface area contributed by atoms with Gasteiger partial charge in [-0.2, -0.15) is 0 Å². The number of anilines is 2. The number of rotatable bonds is 6. The minimum absolute atomic E-state index is 0.205. The van der Waals surface area contributed by atoms with Crippen LogP contribution in [0.5, 0.6) is 0 Å². The number of amides is 1. The Morgan fingerprint density at radius 2 is 1.48 bits per heavy atom. The smallest absolute Gasteiger partial charge is 0.261 e. The number of carbonyl (C=O) groups excluding carboxylic acids is 1. The lowest BCUT2D eigenvalue weighted by Crippen LogP contribution is -2.15. The minimum Gasteiger partial charge on any atom is -0.326 e. The lowest BCUT2D eigenvalue weighted by atomic mass is 10.1. The predicted octanol–water partition coefficient (Wildman–Crippen LogP) is 4.26. The first-order valence-corrected chi connectivity index (χ1v) is 10.1. The van der Waals surface area contributed by atoms with Crippen LogP contribution in [-0.2, 0) is 21.2 Å². The first-order chi connectivity index (χ1) is 13.7. The Kier molecular flexibility index (Phi) is 5.93. The summed E-state index contributed by atoms with van der Waals surface area (Å²) in [7, 11) is -4.08. The van der Waals surface area contributed by atoms with Gasteiger partial charge in [0.25, 0.3) is 10.0 Å². The summed E-state index contributed by atoms with van der Waals surface area (Å²) in [5, 5.41) is 2.73. The maximum absolute atomic E-state index is 13.3. The molecule has 5 nitrogen and oxygen atoms in total. The fourth-order valence-corrected chi connectivity index (χ4v) is 3.65. The molecular weight excluding hydrogens is 398 g/mol. The van der Waals surface area contributed by atoms with Crippen LogP contribution < -0.4 is 10.0 Å². The van der Waals surface area contributed by atoms with Crippen LogP contribution in [0.1, 0.15) is 11.1 Å². The Labute approximate surface area is 167 Å². The molecule has 2 N–H and O–H groups in total. The largest absolute Gasteiger partial charge is 0.326 e. The number of hydrogen-bond donors (Lipinski definition) is 2. The molecule has 0 bridgehead atoms. The quantitative estimate of drug-likeness (QED) is 0.631.